The van der Waals surface area contributed by atoms with Crippen LogP contribution in [0.4, 0.5) is 0 Å². The average molecular weight is 227 g/mol. The minimum atomic E-state index is 0.635. The van der Waals surface area contributed by atoms with Gasteiger partial charge in [-0.15, -0.1) is 0 Å². The zero-order valence-corrected chi connectivity index (χ0v) is 12.9. The van der Waals surface area contributed by atoms with Crippen LogP contribution in [0.3, 0.4) is 0 Å². The van der Waals surface area contributed by atoms with Crippen LogP contribution in [0, 0.1) is 23.7 Å². The third-order valence-corrected chi connectivity index (χ3v) is 4.44. The SMILES string of the molecule is CC(C)C(C)C(C(C)C)C(C)N(C)C(C)C. The maximum Gasteiger partial charge on any atom is 0.00999 e. The van der Waals surface area contributed by atoms with E-state index >= 15 is 0 Å². The molecule has 3 unspecified atom stereocenters. The molecule has 0 fully saturated rings. The first-order valence-electron chi connectivity index (χ1n) is 6.92. The molecule has 0 saturated heterocycles. The Morgan fingerprint density at radius 3 is 1.38 bits per heavy atom. The molecule has 0 aromatic heterocycles. The van der Waals surface area contributed by atoms with Crippen LogP contribution in [-0.2, 0) is 0 Å². The van der Waals surface area contributed by atoms with E-state index in [1.807, 2.05) is 0 Å². The lowest BCUT2D eigenvalue weighted by Crippen LogP contribution is -2.45. The van der Waals surface area contributed by atoms with E-state index in [-0.39, 0.29) is 0 Å². The van der Waals surface area contributed by atoms with Crippen molar-refractivity contribution in [2.24, 2.45) is 23.7 Å². The Morgan fingerprint density at radius 2 is 1.12 bits per heavy atom. The molecule has 0 aromatic rings. The number of rotatable bonds is 6. The average Bonchev–Trinajstić information content (AvgIpc) is 2.15. The zero-order valence-electron chi connectivity index (χ0n) is 12.9. The smallest absolute Gasteiger partial charge is 0.00999 e. The summed E-state index contributed by atoms with van der Waals surface area (Å²) in [5.74, 6) is 3.10. The summed E-state index contributed by atoms with van der Waals surface area (Å²) in [4.78, 5) is 2.52. The minimum Gasteiger partial charge on any atom is -0.301 e. The van der Waals surface area contributed by atoms with Gasteiger partial charge < -0.3 is 4.90 Å². The zero-order chi connectivity index (χ0) is 13.0. The summed E-state index contributed by atoms with van der Waals surface area (Å²) in [5, 5.41) is 0. The van der Waals surface area contributed by atoms with E-state index in [9.17, 15) is 0 Å². The fraction of sp³-hybridized carbons (Fsp3) is 1.00. The first kappa shape index (κ1) is 16.0. The molecule has 0 saturated carbocycles. The second-order valence-electron chi connectivity index (χ2n) is 6.42. The standard InChI is InChI=1S/C15H33N/c1-10(2)13(7)15(11(3)4)14(8)16(9)12(5)6/h10-15H,1-9H3. The topological polar surface area (TPSA) is 3.24 Å². The largest absolute Gasteiger partial charge is 0.301 e. The van der Waals surface area contributed by atoms with Gasteiger partial charge in [-0.1, -0.05) is 34.6 Å². The van der Waals surface area contributed by atoms with Gasteiger partial charge in [-0.25, -0.2) is 0 Å². The molecule has 3 atom stereocenters. The molecule has 0 N–H and O–H groups in total. The molecule has 0 aliphatic heterocycles. The summed E-state index contributed by atoms with van der Waals surface area (Å²) in [6.45, 7) is 18.8. The molecule has 1 heteroatoms. The van der Waals surface area contributed by atoms with E-state index in [4.69, 9.17) is 0 Å². The van der Waals surface area contributed by atoms with Gasteiger partial charge in [-0.3, -0.25) is 0 Å². The number of nitrogens with zero attached hydrogens (tertiary/aromatic N) is 1. The predicted octanol–water partition coefficient (Wildman–Crippen LogP) is 4.28. The molecule has 1 nitrogen and oxygen atoms in total. The summed E-state index contributed by atoms with van der Waals surface area (Å²) < 4.78 is 0. The van der Waals surface area contributed by atoms with Gasteiger partial charge in [-0.05, 0) is 51.5 Å². The quantitative estimate of drug-likeness (QED) is 0.654. The van der Waals surface area contributed by atoms with Crippen LogP contribution < -0.4 is 0 Å². The number of hydrogen-bond acceptors (Lipinski definition) is 1. The van der Waals surface area contributed by atoms with E-state index in [2.05, 4.69) is 67.3 Å². The van der Waals surface area contributed by atoms with Crippen molar-refractivity contribution in [3.63, 3.8) is 0 Å². The molecular weight excluding hydrogens is 194 g/mol. The summed E-state index contributed by atoms with van der Waals surface area (Å²) in [5.41, 5.74) is 0. The molecule has 16 heavy (non-hydrogen) atoms. The fourth-order valence-electron chi connectivity index (χ4n) is 2.79. The van der Waals surface area contributed by atoms with Crippen LogP contribution in [0.2, 0.25) is 0 Å². The van der Waals surface area contributed by atoms with Crippen molar-refractivity contribution in [2.75, 3.05) is 7.05 Å². The monoisotopic (exact) mass is 227 g/mol. The normalized spacial score (nSPS) is 18.6. The molecule has 0 radical (unpaired) electrons. The molecule has 0 bridgehead atoms. The van der Waals surface area contributed by atoms with Gasteiger partial charge in [0.1, 0.15) is 0 Å². The maximum atomic E-state index is 2.52. The second-order valence-corrected chi connectivity index (χ2v) is 6.42. The third-order valence-electron chi connectivity index (χ3n) is 4.44. The van der Waals surface area contributed by atoms with Crippen molar-refractivity contribution in [1.29, 1.82) is 0 Å². The Labute approximate surface area is 104 Å². The van der Waals surface area contributed by atoms with E-state index in [1.54, 1.807) is 0 Å². The van der Waals surface area contributed by atoms with E-state index < -0.39 is 0 Å². The van der Waals surface area contributed by atoms with Crippen LogP contribution in [0.15, 0.2) is 0 Å². The van der Waals surface area contributed by atoms with Gasteiger partial charge in [0.05, 0.1) is 0 Å². The van der Waals surface area contributed by atoms with E-state index in [0.717, 1.165) is 23.7 Å². The molecular formula is C15H33N. The Hall–Kier alpha value is -0.0400. The van der Waals surface area contributed by atoms with Crippen molar-refractivity contribution >= 4 is 0 Å². The first-order valence-corrected chi connectivity index (χ1v) is 6.92. The van der Waals surface area contributed by atoms with Gasteiger partial charge in [0.2, 0.25) is 0 Å². The summed E-state index contributed by atoms with van der Waals surface area (Å²) >= 11 is 0. The van der Waals surface area contributed by atoms with Gasteiger partial charge in [-0.2, -0.15) is 0 Å². The second kappa shape index (κ2) is 6.64. The van der Waals surface area contributed by atoms with Gasteiger partial charge >= 0.3 is 0 Å². The van der Waals surface area contributed by atoms with Crippen molar-refractivity contribution in [3.05, 3.63) is 0 Å². The van der Waals surface area contributed by atoms with Crippen molar-refractivity contribution < 1.29 is 0 Å². The molecule has 0 aliphatic carbocycles. The Kier molecular flexibility index (Phi) is 6.62. The Morgan fingerprint density at radius 1 is 0.688 bits per heavy atom. The van der Waals surface area contributed by atoms with Crippen molar-refractivity contribution in [3.8, 4) is 0 Å². The lowest BCUT2D eigenvalue weighted by molar-refractivity contribution is 0.0747. The maximum absolute atomic E-state index is 2.52. The fourth-order valence-corrected chi connectivity index (χ4v) is 2.79. The van der Waals surface area contributed by atoms with Crippen LogP contribution in [-0.4, -0.2) is 24.0 Å². The molecule has 0 aliphatic rings. The Bertz CT molecular complexity index is 184. The van der Waals surface area contributed by atoms with Crippen LogP contribution in [0.5, 0.6) is 0 Å². The number of hydrogen-bond donors (Lipinski definition) is 0. The molecule has 0 amide bonds. The highest BCUT2D eigenvalue weighted by molar-refractivity contribution is 4.82. The summed E-state index contributed by atoms with van der Waals surface area (Å²) in [6, 6.07) is 1.30. The lowest BCUT2D eigenvalue weighted by atomic mass is 9.74. The van der Waals surface area contributed by atoms with Crippen LogP contribution in [0.25, 0.3) is 0 Å². The highest BCUT2D eigenvalue weighted by Gasteiger charge is 2.31. The summed E-state index contributed by atoms with van der Waals surface area (Å²) in [7, 11) is 2.26. The predicted molar refractivity (Wildman–Crippen MR) is 74.7 cm³/mol. The Balaban J connectivity index is 4.78. The van der Waals surface area contributed by atoms with Crippen LogP contribution >= 0.6 is 0 Å². The van der Waals surface area contributed by atoms with E-state index in [0.29, 0.717) is 12.1 Å². The molecule has 0 heterocycles. The van der Waals surface area contributed by atoms with E-state index in [1.165, 1.54) is 0 Å². The summed E-state index contributed by atoms with van der Waals surface area (Å²) in [6.07, 6.45) is 0. The van der Waals surface area contributed by atoms with Crippen LogP contribution in [0.1, 0.15) is 55.4 Å². The molecule has 0 spiro atoms. The molecule has 98 valence electrons. The van der Waals surface area contributed by atoms with Crippen molar-refractivity contribution in [2.45, 2.75) is 67.5 Å². The molecule has 0 aromatic carbocycles. The third kappa shape index (κ3) is 4.08. The van der Waals surface area contributed by atoms with Gasteiger partial charge in [0, 0.05) is 12.1 Å². The highest BCUT2D eigenvalue weighted by atomic mass is 15.1. The highest BCUT2D eigenvalue weighted by Crippen LogP contribution is 2.32. The minimum absolute atomic E-state index is 0.635. The first-order chi connectivity index (χ1) is 7.20. The lowest BCUT2D eigenvalue weighted by Gasteiger charge is -2.41. The molecule has 0 rings (SSSR count). The van der Waals surface area contributed by atoms with Crippen molar-refractivity contribution in [1.82, 2.24) is 4.90 Å². The van der Waals surface area contributed by atoms with Gasteiger partial charge in [0.15, 0.2) is 0 Å². The van der Waals surface area contributed by atoms with Gasteiger partial charge in [0.25, 0.3) is 0 Å².